The smallest absolute Gasteiger partial charge is 0.282 e. The highest BCUT2D eigenvalue weighted by Gasteiger charge is 2.39. The van der Waals surface area contributed by atoms with E-state index in [9.17, 15) is 8.42 Å². The minimum absolute atomic E-state index is 0. The number of morpholine rings is 1. The van der Waals surface area contributed by atoms with Crippen LogP contribution in [0.1, 0.15) is 11.9 Å². The number of imidazole rings is 1. The third kappa shape index (κ3) is 3.29. The van der Waals surface area contributed by atoms with Crippen molar-refractivity contribution in [2.75, 3.05) is 45.9 Å². The third-order valence-corrected chi connectivity index (χ3v) is 5.99. The highest BCUT2D eigenvalue weighted by molar-refractivity contribution is 7.86. The number of nitrogens with zero attached hydrogens (tertiary/aromatic N) is 4. The number of halogens is 1. The minimum atomic E-state index is -3.48. The van der Waals surface area contributed by atoms with Gasteiger partial charge in [-0.3, -0.25) is 0 Å². The molecule has 10 heteroatoms. The molecule has 126 valence electrons. The summed E-state index contributed by atoms with van der Waals surface area (Å²) in [5.41, 5.74) is 0. The predicted octanol–water partition coefficient (Wildman–Crippen LogP) is -0.635. The SMILES string of the molecule is Cl.Cn1ccnc1C1CNCCN1S(=O)(=O)N1CCOCC1. The van der Waals surface area contributed by atoms with E-state index in [1.165, 1.54) is 4.31 Å². The highest BCUT2D eigenvalue weighted by Crippen LogP contribution is 2.25. The molecule has 1 atom stereocenters. The average Bonchev–Trinajstić information content (AvgIpc) is 2.94. The summed E-state index contributed by atoms with van der Waals surface area (Å²) in [7, 11) is -1.60. The molecule has 0 bridgehead atoms. The second-order valence-corrected chi connectivity index (χ2v) is 7.13. The van der Waals surface area contributed by atoms with E-state index in [0.717, 1.165) is 5.82 Å². The summed E-state index contributed by atoms with van der Waals surface area (Å²) in [4.78, 5) is 4.32. The van der Waals surface area contributed by atoms with Crippen LogP contribution in [0.5, 0.6) is 0 Å². The monoisotopic (exact) mass is 351 g/mol. The first-order valence-electron chi connectivity index (χ1n) is 7.13. The number of piperazine rings is 1. The fourth-order valence-electron chi connectivity index (χ4n) is 2.81. The summed E-state index contributed by atoms with van der Waals surface area (Å²) in [6, 6.07) is -0.272. The molecule has 1 aromatic heterocycles. The van der Waals surface area contributed by atoms with Gasteiger partial charge in [-0.05, 0) is 0 Å². The molecule has 1 unspecified atom stereocenters. The van der Waals surface area contributed by atoms with Gasteiger partial charge in [0.05, 0.1) is 19.3 Å². The van der Waals surface area contributed by atoms with Crippen LogP contribution in [-0.2, 0) is 22.0 Å². The largest absolute Gasteiger partial charge is 0.379 e. The molecule has 0 aliphatic carbocycles. The Balaban J connectivity index is 0.00000176. The van der Waals surface area contributed by atoms with Gasteiger partial charge in [-0.25, -0.2) is 4.98 Å². The zero-order valence-electron chi connectivity index (χ0n) is 12.5. The van der Waals surface area contributed by atoms with Gasteiger partial charge in [-0.1, -0.05) is 0 Å². The Kier molecular flexibility index (Phi) is 5.81. The van der Waals surface area contributed by atoms with Crippen LogP contribution in [0.2, 0.25) is 0 Å². The van der Waals surface area contributed by atoms with Gasteiger partial charge in [0, 0.05) is 52.2 Å². The molecule has 0 radical (unpaired) electrons. The molecule has 2 fully saturated rings. The molecule has 22 heavy (non-hydrogen) atoms. The summed E-state index contributed by atoms with van der Waals surface area (Å²) in [6.45, 7) is 3.44. The van der Waals surface area contributed by atoms with E-state index >= 15 is 0 Å². The Morgan fingerprint density at radius 1 is 1.32 bits per heavy atom. The van der Waals surface area contributed by atoms with E-state index in [0.29, 0.717) is 45.9 Å². The lowest BCUT2D eigenvalue weighted by atomic mass is 10.2. The number of rotatable bonds is 3. The average molecular weight is 352 g/mol. The molecular weight excluding hydrogens is 330 g/mol. The Morgan fingerprint density at radius 3 is 2.68 bits per heavy atom. The van der Waals surface area contributed by atoms with Crippen molar-refractivity contribution in [3.05, 3.63) is 18.2 Å². The third-order valence-electron chi connectivity index (χ3n) is 3.94. The van der Waals surface area contributed by atoms with Gasteiger partial charge < -0.3 is 14.6 Å². The first-order valence-corrected chi connectivity index (χ1v) is 8.53. The topological polar surface area (TPSA) is 79.7 Å². The zero-order valence-corrected chi connectivity index (χ0v) is 14.1. The summed E-state index contributed by atoms with van der Waals surface area (Å²) in [6.07, 6.45) is 3.53. The molecule has 3 rings (SSSR count). The Hall–Kier alpha value is -0.710. The van der Waals surface area contributed by atoms with Crippen LogP contribution in [0.25, 0.3) is 0 Å². The zero-order chi connectivity index (χ0) is 14.9. The Morgan fingerprint density at radius 2 is 2.05 bits per heavy atom. The Bertz CT molecular complexity index is 587. The molecule has 0 amide bonds. The molecule has 2 saturated heterocycles. The van der Waals surface area contributed by atoms with Crippen LogP contribution in [0.3, 0.4) is 0 Å². The number of hydrogen-bond donors (Lipinski definition) is 1. The van der Waals surface area contributed by atoms with E-state index in [1.54, 1.807) is 10.5 Å². The van der Waals surface area contributed by atoms with Gasteiger partial charge in [0.25, 0.3) is 10.2 Å². The maximum atomic E-state index is 12.9. The fraction of sp³-hybridized carbons (Fsp3) is 0.750. The van der Waals surface area contributed by atoms with Crippen LogP contribution < -0.4 is 5.32 Å². The van der Waals surface area contributed by atoms with Crippen LogP contribution in [-0.4, -0.2) is 72.5 Å². The number of nitrogens with one attached hydrogen (secondary N) is 1. The van der Waals surface area contributed by atoms with Crippen molar-refractivity contribution in [2.24, 2.45) is 7.05 Å². The van der Waals surface area contributed by atoms with Crippen LogP contribution in [0.4, 0.5) is 0 Å². The lowest BCUT2D eigenvalue weighted by molar-refractivity contribution is 0.0683. The molecule has 0 aromatic carbocycles. The van der Waals surface area contributed by atoms with Crippen LogP contribution in [0, 0.1) is 0 Å². The molecule has 2 aliphatic heterocycles. The normalized spacial score (nSPS) is 24.9. The maximum Gasteiger partial charge on any atom is 0.282 e. The molecule has 3 heterocycles. The predicted molar refractivity (Wildman–Crippen MR) is 84.1 cm³/mol. The molecule has 0 saturated carbocycles. The number of hydrogen-bond acceptors (Lipinski definition) is 5. The van der Waals surface area contributed by atoms with Gasteiger partial charge >= 0.3 is 0 Å². The highest BCUT2D eigenvalue weighted by atomic mass is 35.5. The number of aryl methyl sites for hydroxylation is 1. The van der Waals surface area contributed by atoms with E-state index < -0.39 is 10.2 Å². The second kappa shape index (κ2) is 7.24. The van der Waals surface area contributed by atoms with Crippen LogP contribution >= 0.6 is 12.4 Å². The quantitative estimate of drug-likeness (QED) is 0.784. The maximum absolute atomic E-state index is 12.9. The van der Waals surface area contributed by atoms with E-state index in [4.69, 9.17) is 4.74 Å². The molecular formula is C12H22ClN5O3S. The van der Waals surface area contributed by atoms with Crippen LogP contribution in [0.15, 0.2) is 12.4 Å². The lowest BCUT2D eigenvalue weighted by Gasteiger charge is -2.38. The molecule has 0 spiro atoms. The number of aromatic nitrogens is 2. The van der Waals surface area contributed by atoms with Crippen molar-refractivity contribution in [1.82, 2.24) is 23.5 Å². The van der Waals surface area contributed by atoms with Crippen molar-refractivity contribution in [3.63, 3.8) is 0 Å². The number of ether oxygens (including phenoxy) is 1. The molecule has 2 aliphatic rings. The standard InChI is InChI=1S/C12H21N5O3S.ClH/c1-15-4-3-14-12(15)11-10-13-2-5-17(11)21(18,19)16-6-8-20-9-7-16;/h3-4,11,13H,2,5-10H2,1H3;1H. The van der Waals surface area contributed by atoms with E-state index in [-0.39, 0.29) is 18.4 Å². The van der Waals surface area contributed by atoms with Gasteiger partial charge in [-0.15, -0.1) is 12.4 Å². The van der Waals surface area contributed by atoms with Crippen molar-refractivity contribution in [1.29, 1.82) is 0 Å². The molecule has 8 nitrogen and oxygen atoms in total. The van der Waals surface area contributed by atoms with Crippen molar-refractivity contribution in [3.8, 4) is 0 Å². The van der Waals surface area contributed by atoms with Gasteiger partial charge in [0.15, 0.2) is 0 Å². The van der Waals surface area contributed by atoms with E-state index in [1.807, 2.05) is 17.8 Å². The van der Waals surface area contributed by atoms with Gasteiger partial charge in [0.1, 0.15) is 5.82 Å². The first kappa shape index (κ1) is 17.6. The Labute approximate surface area is 137 Å². The molecule has 1 N–H and O–H groups in total. The second-order valence-electron chi connectivity index (χ2n) is 5.25. The summed E-state index contributed by atoms with van der Waals surface area (Å²) >= 11 is 0. The van der Waals surface area contributed by atoms with E-state index in [2.05, 4.69) is 10.3 Å². The summed E-state index contributed by atoms with van der Waals surface area (Å²) < 4.78 is 36.0. The van der Waals surface area contributed by atoms with Crippen molar-refractivity contribution < 1.29 is 13.2 Å². The first-order chi connectivity index (χ1) is 10.1. The van der Waals surface area contributed by atoms with Crippen molar-refractivity contribution in [2.45, 2.75) is 6.04 Å². The summed E-state index contributed by atoms with van der Waals surface area (Å²) in [5, 5.41) is 3.25. The molecule has 1 aromatic rings. The van der Waals surface area contributed by atoms with Gasteiger partial charge in [0.2, 0.25) is 0 Å². The van der Waals surface area contributed by atoms with Gasteiger partial charge in [-0.2, -0.15) is 17.0 Å². The minimum Gasteiger partial charge on any atom is -0.379 e. The summed E-state index contributed by atoms with van der Waals surface area (Å²) in [5.74, 6) is 0.763. The fourth-order valence-corrected chi connectivity index (χ4v) is 4.53. The lowest BCUT2D eigenvalue weighted by Crippen LogP contribution is -2.55. The van der Waals surface area contributed by atoms with Crippen molar-refractivity contribution >= 4 is 22.6 Å².